The van der Waals surface area contributed by atoms with Gasteiger partial charge in [-0.25, -0.2) is 9.97 Å². The van der Waals surface area contributed by atoms with E-state index in [2.05, 4.69) is 34.0 Å². The molecule has 1 N–H and O–H groups in total. The number of hydrogen-bond acceptors (Lipinski definition) is 6. The van der Waals surface area contributed by atoms with Crippen molar-refractivity contribution in [3.05, 3.63) is 41.7 Å². The summed E-state index contributed by atoms with van der Waals surface area (Å²) < 4.78 is 5.76. The number of morpholine rings is 1. The lowest BCUT2D eigenvalue weighted by Gasteiger charge is -2.36. The average Bonchev–Trinajstić information content (AvgIpc) is 2.62. The van der Waals surface area contributed by atoms with Crippen molar-refractivity contribution in [1.29, 1.82) is 0 Å². The normalized spacial score (nSPS) is 19.7. The Hall–Kier alpha value is -2.67. The molecule has 2 atom stereocenters. The van der Waals surface area contributed by atoms with Crippen molar-refractivity contribution in [2.75, 3.05) is 42.3 Å². The molecular formula is C20H27N5O2. The molecule has 7 nitrogen and oxygen atoms in total. The molecular weight excluding hydrogens is 342 g/mol. The van der Waals surface area contributed by atoms with E-state index in [1.807, 2.05) is 44.1 Å². The summed E-state index contributed by atoms with van der Waals surface area (Å²) in [6.45, 7) is 7.63. The Bertz CT molecular complexity index is 797. The standard InChI is InChI=1S/C20H27N5O2/c1-13-6-8-17(19(22-13)24(4)5)23-20(26)16-7-9-18(21-10-16)25-11-14(2)27-15(3)12-25/h6-10,14-15H,11-12H2,1-5H3,(H,23,26). The molecule has 1 amide bonds. The number of nitrogens with zero attached hydrogens (tertiary/aromatic N) is 4. The third-order valence-electron chi connectivity index (χ3n) is 4.44. The van der Waals surface area contributed by atoms with Gasteiger partial charge in [0.1, 0.15) is 5.82 Å². The molecule has 1 fully saturated rings. The molecule has 0 aromatic carbocycles. The van der Waals surface area contributed by atoms with E-state index in [-0.39, 0.29) is 18.1 Å². The van der Waals surface area contributed by atoms with Crippen LogP contribution < -0.4 is 15.1 Å². The van der Waals surface area contributed by atoms with E-state index in [0.717, 1.165) is 30.4 Å². The number of pyridine rings is 2. The summed E-state index contributed by atoms with van der Waals surface area (Å²) in [6.07, 6.45) is 1.95. The summed E-state index contributed by atoms with van der Waals surface area (Å²) in [5, 5.41) is 2.93. The molecule has 3 heterocycles. The number of anilines is 3. The van der Waals surface area contributed by atoms with E-state index in [1.54, 1.807) is 12.3 Å². The van der Waals surface area contributed by atoms with Crippen molar-refractivity contribution >= 4 is 23.2 Å². The van der Waals surface area contributed by atoms with Crippen LogP contribution in [0.25, 0.3) is 0 Å². The molecule has 0 bridgehead atoms. The first-order chi connectivity index (χ1) is 12.8. The topological polar surface area (TPSA) is 70.6 Å². The first kappa shape index (κ1) is 19.1. The van der Waals surface area contributed by atoms with Gasteiger partial charge in [-0.2, -0.15) is 0 Å². The van der Waals surface area contributed by atoms with Gasteiger partial charge in [0, 0.05) is 39.1 Å². The smallest absolute Gasteiger partial charge is 0.257 e. The molecule has 1 aliphatic rings. The van der Waals surface area contributed by atoms with Crippen LogP contribution in [0.5, 0.6) is 0 Å². The van der Waals surface area contributed by atoms with Crippen LogP contribution in [0.15, 0.2) is 30.5 Å². The van der Waals surface area contributed by atoms with Crippen LogP contribution in [0, 0.1) is 6.92 Å². The summed E-state index contributed by atoms with van der Waals surface area (Å²) in [6, 6.07) is 7.44. The lowest BCUT2D eigenvalue weighted by molar-refractivity contribution is -0.00546. The average molecular weight is 369 g/mol. The Morgan fingerprint density at radius 3 is 2.48 bits per heavy atom. The van der Waals surface area contributed by atoms with Crippen molar-refractivity contribution in [3.63, 3.8) is 0 Å². The Balaban J connectivity index is 1.73. The van der Waals surface area contributed by atoms with Crippen molar-refractivity contribution in [3.8, 4) is 0 Å². The summed E-state index contributed by atoms with van der Waals surface area (Å²) in [5.74, 6) is 1.38. The van der Waals surface area contributed by atoms with Crippen LogP contribution in [0.3, 0.4) is 0 Å². The predicted molar refractivity (Wildman–Crippen MR) is 108 cm³/mol. The first-order valence-corrected chi connectivity index (χ1v) is 9.16. The zero-order valence-electron chi connectivity index (χ0n) is 16.6. The molecule has 7 heteroatoms. The van der Waals surface area contributed by atoms with Crippen LogP contribution in [-0.2, 0) is 4.74 Å². The minimum absolute atomic E-state index is 0.164. The number of nitrogens with one attached hydrogen (secondary N) is 1. The first-order valence-electron chi connectivity index (χ1n) is 9.16. The third kappa shape index (κ3) is 4.54. The van der Waals surface area contributed by atoms with Crippen molar-refractivity contribution < 1.29 is 9.53 Å². The van der Waals surface area contributed by atoms with Gasteiger partial charge in [0.2, 0.25) is 0 Å². The molecule has 27 heavy (non-hydrogen) atoms. The number of rotatable bonds is 4. The number of amides is 1. The fourth-order valence-electron chi connectivity index (χ4n) is 3.25. The number of aromatic nitrogens is 2. The fraction of sp³-hybridized carbons (Fsp3) is 0.450. The van der Waals surface area contributed by atoms with E-state index in [4.69, 9.17) is 4.74 Å². The molecule has 144 valence electrons. The van der Waals surface area contributed by atoms with Gasteiger partial charge in [0.25, 0.3) is 5.91 Å². The van der Waals surface area contributed by atoms with E-state index in [9.17, 15) is 4.79 Å². The van der Waals surface area contributed by atoms with Gasteiger partial charge in [-0.05, 0) is 45.0 Å². The van der Waals surface area contributed by atoms with Crippen molar-refractivity contribution in [1.82, 2.24) is 9.97 Å². The molecule has 0 radical (unpaired) electrons. The molecule has 3 rings (SSSR count). The second-order valence-corrected chi connectivity index (χ2v) is 7.24. The zero-order chi connectivity index (χ0) is 19.6. The Labute approximate surface area is 160 Å². The fourth-order valence-corrected chi connectivity index (χ4v) is 3.25. The highest BCUT2D eigenvalue weighted by atomic mass is 16.5. The molecule has 2 aromatic heterocycles. The monoisotopic (exact) mass is 369 g/mol. The number of hydrogen-bond donors (Lipinski definition) is 1. The number of carbonyl (C=O) groups excluding carboxylic acids is 1. The van der Waals surface area contributed by atoms with Crippen LogP contribution in [0.1, 0.15) is 29.9 Å². The second-order valence-electron chi connectivity index (χ2n) is 7.24. The van der Waals surface area contributed by atoms with Crippen LogP contribution in [-0.4, -0.2) is 55.3 Å². The van der Waals surface area contributed by atoms with Gasteiger partial charge >= 0.3 is 0 Å². The summed E-state index contributed by atoms with van der Waals surface area (Å²) in [5.41, 5.74) is 2.09. The quantitative estimate of drug-likeness (QED) is 0.894. The second kappa shape index (κ2) is 7.92. The molecule has 0 saturated carbocycles. The van der Waals surface area contributed by atoms with Crippen LogP contribution in [0.2, 0.25) is 0 Å². The van der Waals surface area contributed by atoms with Gasteiger partial charge in [-0.1, -0.05) is 0 Å². The SMILES string of the molecule is Cc1ccc(NC(=O)c2ccc(N3CC(C)OC(C)C3)nc2)c(N(C)C)n1. The maximum atomic E-state index is 12.6. The number of ether oxygens (including phenoxy) is 1. The summed E-state index contributed by atoms with van der Waals surface area (Å²) >= 11 is 0. The maximum Gasteiger partial charge on any atom is 0.257 e. The lowest BCUT2D eigenvalue weighted by Crippen LogP contribution is -2.45. The number of carbonyl (C=O) groups is 1. The summed E-state index contributed by atoms with van der Waals surface area (Å²) in [4.78, 5) is 25.7. The summed E-state index contributed by atoms with van der Waals surface area (Å²) in [7, 11) is 3.80. The zero-order valence-corrected chi connectivity index (χ0v) is 16.6. The molecule has 1 aliphatic heterocycles. The number of aryl methyl sites for hydroxylation is 1. The van der Waals surface area contributed by atoms with E-state index in [0.29, 0.717) is 11.3 Å². The molecule has 2 unspecified atom stereocenters. The van der Waals surface area contributed by atoms with Gasteiger partial charge in [0.05, 0.1) is 23.5 Å². The van der Waals surface area contributed by atoms with E-state index >= 15 is 0 Å². The van der Waals surface area contributed by atoms with E-state index in [1.165, 1.54) is 0 Å². The Morgan fingerprint density at radius 1 is 1.19 bits per heavy atom. The maximum absolute atomic E-state index is 12.6. The molecule has 0 spiro atoms. The van der Waals surface area contributed by atoms with Crippen molar-refractivity contribution in [2.24, 2.45) is 0 Å². The largest absolute Gasteiger partial charge is 0.372 e. The van der Waals surface area contributed by atoms with Crippen molar-refractivity contribution in [2.45, 2.75) is 33.0 Å². The van der Waals surface area contributed by atoms with Gasteiger partial charge in [0.15, 0.2) is 5.82 Å². The third-order valence-corrected chi connectivity index (χ3v) is 4.44. The van der Waals surface area contributed by atoms with E-state index < -0.39 is 0 Å². The van der Waals surface area contributed by atoms with Crippen LogP contribution >= 0.6 is 0 Å². The molecule has 1 saturated heterocycles. The van der Waals surface area contributed by atoms with Crippen LogP contribution in [0.4, 0.5) is 17.3 Å². The minimum Gasteiger partial charge on any atom is -0.372 e. The Morgan fingerprint density at radius 2 is 1.89 bits per heavy atom. The van der Waals surface area contributed by atoms with Gasteiger partial charge in [-0.3, -0.25) is 4.79 Å². The lowest BCUT2D eigenvalue weighted by atomic mass is 10.2. The predicted octanol–water partition coefficient (Wildman–Crippen LogP) is 2.72. The van der Waals surface area contributed by atoms with Gasteiger partial charge in [-0.15, -0.1) is 0 Å². The minimum atomic E-state index is -0.202. The highest BCUT2D eigenvalue weighted by Gasteiger charge is 2.23. The van der Waals surface area contributed by atoms with Gasteiger partial charge < -0.3 is 19.9 Å². The highest BCUT2D eigenvalue weighted by Crippen LogP contribution is 2.23. The molecule has 2 aromatic rings. The Kier molecular flexibility index (Phi) is 5.60. The highest BCUT2D eigenvalue weighted by molar-refractivity contribution is 6.05. The molecule has 0 aliphatic carbocycles.